The van der Waals surface area contributed by atoms with Crippen LogP contribution in [0.5, 0.6) is 0 Å². The average molecular weight is 194 g/mol. The van der Waals surface area contributed by atoms with Gasteiger partial charge in [0.15, 0.2) is 0 Å². The Morgan fingerprint density at radius 3 is 3.14 bits per heavy atom. The van der Waals surface area contributed by atoms with Crippen LogP contribution >= 0.6 is 0 Å². The maximum Gasteiger partial charge on any atom is 0.148 e. The lowest BCUT2D eigenvalue weighted by atomic mass is 10.2. The van der Waals surface area contributed by atoms with E-state index in [9.17, 15) is 4.39 Å². The Labute approximate surface area is 83.7 Å². The molecule has 3 heteroatoms. The molecular formula is C11H15FN2. The van der Waals surface area contributed by atoms with Crippen LogP contribution in [0.4, 0.5) is 15.8 Å². The van der Waals surface area contributed by atoms with E-state index in [1.165, 1.54) is 6.07 Å². The van der Waals surface area contributed by atoms with Gasteiger partial charge in [0, 0.05) is 19.6 Å². The molecule has 0 spiro atoms. The molecule has 1 aromatic carbocycles. The van der Waals surface area contributed by atoms with Gasteiger partial charge in [-0.3, -0.25) is 0 Å². The van der Waals surface area contributed by atoms with Crippen LogP contribution in [0.1, 0.15) is 13.3 Å². The summed E-state index contributed by atoms with van der Waals surface area (Å²) in [6.07, 6.45) is 1.09. The third-order valence-electron chi connectivity index (χ3n) is 2.51. The van der Waals surface area contributed by atoms with Gasteiger partial charge in [0.25, 0.3) is 0 Å². The summed E-state index contributed by atoms with van der Waals surface area (Å²) in [5.74, 6) is -0.150. The summed E-state index contributed by atoms with van der Waals surface area (Å²) >= 11 is 0. The van der Waals surface area contributed by atoms with Crippen LogP contribution in [0.2, 0.25) is 0 Å². The number of nitrogens with zero attached hydrogens (tertiary/aromatic N) is 1. The van der Waals surface area contributed by atoms with Crippen LogP contribution in [0.25, 0.3) is 0 Å². The van der Waals surface area contributed by atoms with E-state index in [0.29, 0.717) is 5.69 Å². The molecule has 0 amide bonds. The van der Waals surface area contributed by atoms with Crippen molar-refractivity contribution in [2.45, 2.75) is 13.3 Å². The molecule has 14 heavy (non-hydrogen) atoms. The molecule has 0 fully saturated rings. The second-order valence-corrected chi connectivity index (χ2v) is 3.55. The number of halogens is 1. The fourth-order valence-electron chi connectivity index (χ4n) is 1.89. The van der Waals surface area contributed by atoms with E-state index in [4.69, 9.17) is 0 Å². The highest BCUT2D eigenvalue weighted by molar-refractivity contribution is 5.72. The summed E-state index contributed by atoms with van der Waals surface area (Å²) in [6, 6.07) is 5.24. The molecule has 0 saturated carbocycles. The Kier molecular flexibility index (Phi) is 2.57. The van der Waals surface area contributed by atoms with Gasteiger partial charge in [-0.15, -0.1) is 0 Å². The maximum absolute atomic E-state index is 13.4. The summed E-state index contributed by atoms with van der Waals surface area (Å²) in [7, 11) is 0. The van der Waals surface area contributed by atoms with Crippen molar-refractivity contribution in [1.82, 2.24) is 0 Å². The third-order valence-corrected chi connectivity index (χ3v) is 2.51. The van der Waals surface area contributed by atoms with E-state index in [-0.39, 0.29) is 5.82 Å². The Morgan fingerprint density at radius 1 is 1.50 bits per heavy atom. The Hall–Kier alpha value is -1.25. The van der Waals surface area contributed by atoms with Crippen LogP contribution in [-0.4, -0.2) is 19.6 Å². The van der Waals surface area contributed by atoms with Gasteiger partial charge in [-0.25, -0.2) is 4.39 Å². The van der Waals surface area contributed by atoms with Crippen molar-refractivity contribution in [1.29, 1.82) is 0 Å². The van der Waals surface area contributed by atoms with Crippen molar-refractivity contribution in [2.75, 3.05) is 29.9 Å². The lowest BCUT2D eigenvalue weighted by Gasteiger charge is -2.31. The second kappa shape index (κ2) is 3.86. The first-order valence-corrected chi connectivity index (χ1v) is 5.10. The van der Waals surface area contributed by atoms with Crippen LogP contribution in [-0.2, 0) is 0 Å². The highest BCUT2D eigenvalue weighted by Gasteiger charge is 2.17. The van der Waals surface area contributed by atoms with Crippen molar-refractivity contribution in [2.24, 2.45) is 0 Å². The number of benzene rings is 1. The Balaban J connectivity index is 2.34. The second-order valence-electron chi connectivity index (χ2n) is 3.55. The minimum Gasteiger partial charge on any atom is -0.379 e. The van der Waals surface area contributed by atoms with Gasteiger partial charge < -0.3 is 10.2 Å². The number of nitrogens with one attached hydrogen (secondary N) is 1. The van der Waals surface area contributed by atoms with Crippen molar-refractivity contribution >= 4 is 11.4 Å². The first kappa shape index (κ1) is 9.31. The third kappa shape index (κ3) is 1.54. The molecule has 76 valence electrons. The summed E-state index contributed by atoms with van der Waals surface area (Å²) in [6.45, 7) is 4.93. The summed E-state index contributed by atoms with van der Waals surface area (Å²) in [5.41, 5.74) is 1.66. The standard InChI is InChI=1S/C11H15FN2/c1-2-7-14-8-6-13-11-9(12)4-3-5-10(11)14/h3-5,13H,2,6-8H2,1H3. The molecule has 1 aliphatic rings. The SMILES string of the molecule is CCCN1CCNc2c(F)cccc21. The zero-order valence-electron chi connectivity index (χ0n) is 8.39. The van der Waals surface area contributed by atoms with Crippen LogP contribution in [0, 0.1) is 5.82 Å². The lowest BCUT2D eigenvalue weighted by Crippen LogP contribution is -2.34. The van der Waals surface area contributed by atoms with Gasteiger partial charge in [-0.05, 0) is 18.6 Å². The van der Waals surface area contributed by atoms with Crippen molar-refractivity contribution in [3.8, 4) is 0 Å². The molecule has 0 aliphatic carbocycles. The minimum absolute atomic E-state index is 0.150. The molecule has 0 radical (unpaired) electrons. The van der Waals surface area contributed by atoms with E-state index in [2.05, 4.69) is 17.1 Å². The van der Waals surface area contributed by atoms with Gasteiger partial charge in [0.05, 0.1) is 11.4 Å². The molecule has 2 rings (SSSR count). The van der Waals surface area contributed by atoms with Gasteiger partial charge in [-0.1, -0.05) is 13.0 Å². The quantitative estimate of drug-likeness (QED) is 0.778. The van der Waals surface area contributed by atoms with E-state index in [0.717, 1.165) is 31.7 Å². The fraction of sp³-hybridized carbons (Fsp3) is 0.455. The highest BCUT2D eigenvalue weighted by Crippen LogP contribution is 2.31. The molecule has 0 aromatic heterocycles. The molecule has 2 nitrogen and oxygen atoms in total. The van der Waals surface area contributed by atoms with Gasteiger partial charge >= 0.3 is 0 Å². The molecule has 0 bridgehead atoms. The highest BCUT2D eigenvalue weighted by atomic mass is 19.1. The van der Waals surface area contributed by atoms with Crippen LogP contribution < -0.4 is 10.2 Å². The van der Waals surface area contributed by atoms with Crippen LogP contribution in [0.3, 0.4) is 0 Å². The van der Waals surface area contributed by atoms with Gasteiger partial charge in [-0.2, -0.15) is 0 Å². The number of rotatable bonds is 2. The fourth-order valence-corrected chi connectivity index (χ4v) is 1.89. The maximum atomic E-state index is 13.4. The predicted octanol–water partition coefficient (Wildman–Crippen LogP) is 2.47. The normalized spacial score (nSPS) is 14.9. The van der Waals surface area contributed by atoms with E-state index in [1.807, 2.05) is 6.07 Å². The molecular weight excluding hydrogens is 179 g/mol. The van der Waals surface area contributed by atoms with Crippen molar-refractivity contribution in [3.05, 3.63) is 24.0 Å². The van der Waals surface area contributed by atoms with Crippen molar-refractivity contribution in [3.63, 3.8) is 0 Å². The predicted molar refractivity (Wildman–Crippen MR) is 57.4 cm³/mol. The molecule has 1 aromatic rings. The summed E-state index contributed by atoms with van der Waals surface area (Å²) < 4.78 is 13.4. The molecule has 0 saturated heterocycles. The van der Waals surface area contributed by atoms with E-state index in [1.54, 1.807) is 6.07 Å². The Bertz CT molecular complexity index is 325. The molecule has 1 N–H and O–H groups in total. The molecule has 0 unspecified atom stereocenters. The smallest absolute Gasteiger partial charge is 0.148 e. The first-order valence-electron chi connectivity index (χ1n) is 5.10. The monoisotopic (exact) mass is 194 g/mol. The zero-order valence-corrected chi connectivity index (χ0v) is 8.39. The summed E-state index contributed by atoms with van der Waals surface area (Å²) in [5, 5.41) is 3.10. The van der Waals surface area contributed by atoms with E-state index >= 15 is 0 Å². The topological polar surface area (TPSA) is 15.3 Å². The van der Waals surface area contributed by atoms with Gasteiger partial charge in [0.2, 0.25) is 0 Å². The minimum atomic E-state index is -0.150. The number of hydrogen-bond donors (Lipinski definition) is 1. The van der Waals surface area contributed by atoms with Gasteiger partial charge in [0.1, 0.15) is 5.82 Å². The van der Waals surface area contributed by atoms with E-state index < -0.39 is 0 Å². The number of anilines is 2. The number of hydrogen-bond acceptors (Lipinski definition) is 2. The summed E-state index contributed by atoms with van der Waals surface area (Å²) in [4.78, 5) is 2.23. The van der Waals surface area contributed by atoms with Crippen molar-refractivity contribution < 1.29 is 4.39 Å². The molecule has 0 atom stereocenters. The van der Waals surface area contributed by atoms with Crippen LogP contribution in [0.15, 0.2) is 18.2 Å². The first-order chi connectivity index (χ1) is 6.83. The number of para-hydroxylation sites is 1. The largest absolute Gasteiger partial charge is 0.379 e. The zero-order chi connectivity index (χ0) is 9.97. The number of fused-ring (bicyclic) bond motifs is 1. The molecule has 1 aliphatic heterocycles. The average Bonchev–Trinajstić information content (AvgIpc) is 2.20. The lowest BCUT2D eigenvalue weighted by molar-refractivity contribution is 0.624. The molecule has 1 heterocycles. The Morgan fingerprint density at radius 2 is 2.36 bits per heavy atom.